The molecule has 2 aromatic carbocycles. The molecule has 0 aliphatic rings. The molecule has 17 heavy (non-hydrogen) atoms. The standard InChI is InChI=1S/C16H19N/c1-13-10-11-15(12-16(13)17)9-5-8-14-6-3-2-4-7-14/h2-4,6-7,10-12H,5,8-9,17H2,1H3. The Morgan fingerprint density at radius 3 is 2.29 bits per heavy atom. The molecule has 0 saturated carbocycles. The van der Waals surface area contributed by atoms with E-state index in [1.807, 2.05) is 6.92 Å². The summed E-state index contributed by atoms with van der Waals surface area (Å²) >= 11 is 0. The highest BCUT2D eigenvalue weighted by Gasteiger charge is 1.98. The van der Waals surface area contributed by atoms with Gasteiger partial charge < -0.3 is 5.73 Å². The van der Waals surface area contributed by atoms with Crippen molar-refractivity contribution in [2.75, 3.05) is 5.73 Å². The van der Waals surface area contributed by atoms with Crippen molar-refractivity contribution in [3.05, 3.63) is 65.2 Å². The summed E-state index contributed by atoms with van der Waals surface area (Å²) in [5, 5.41) is 0. The van der Waals surface area contributed by atoms with Gasteiger partial charge in [-0.05, 0) is 48.9 Å². The number of benzene rings is 2. The summed E-state index contributed by atoms with van der Waals surface area (Å²) in [6.45, 7) is 2.04. The second-order valence-corrected chi connectivity index (χ2v) is 4.53. The van der Waals surface area contributed by atoms with Crippen LogP contribution in [0, 0.1) is 6.92 Å². The van der Waals surface area contributed by atoms with Crippen LogP contribution in [0.4, 0.5) is 5.69 Å². The number of hydrogen-bond donors (Lipinski definition) is 1. The third kappa shape index (κ3) is 3.35. The van der Waals surface area contributed by atoms with E-state index in [0.29, 0.717) is 0 Å². The third-order valence-electron chi connectivity index (χ3n) is 3.12. The highest BCUT2D eigenvalue weighted by Crippen LogP contribution is 2.15. The Bertz CT molecular complexity index is 474. The second-order valence-electron chi connectivity index (χ2n) is 4.53. The molecule has 0 heterocycles. The van der Waals surface area contributed by atoms with Gasteiger partial charge in [-0.2, -0.15) is 0 Å². The number of nitrogen functional groups attached to an aromatic ring is 1. The zero-order valence-corrected chi connectivity index (χ0v) is 10.3. The number of nitrogens with two attached hydrogens (primary N) is 1. The van der Waals surface area contributed by atoms with E-state index in [2.05, 4.69) is 48.5 Å². The molecule has 0 radical (unpaired) electrons. The van der Waals surface area contributed by atoms with Gasteiger partial charge in [0, 0.05) is 5.69 Å². The monoisotopic (exact) mass is 225 g/mol. The SMILES string of the molecule is Cc1ccc(CCCc2ccccc2)cc1N. The average molecular weight is 225 g/mol. The normalized spacial score (nSPS) is 10.4. The third-order valence-corrected chi connectivity index (χ3v) is 3.12. The molecule has 0 unspecified atom stereocenters. The van der Waals surface area contributed by atoms with Gasteiger partial charge in [0.05, 0.1) is 0 Å². The largest absolute Gasteiger partial charge is 0.399 e. The van der Waals surface area contributed by atoms with Crippen molar-refractivity contribution in [2.45, 2.75) is 26.2 Å². The van der Waals surface area contributed by atoms with Gasteiger partial charge in [-0.1, -0.05) is 42.5 Å². The number of anilines is 1. The van der Waals surface area contributed by atoms with E-state index in [1.165, 1.54) is 17.5 Å². The molecule has 0 aliphatic heterocycles. The van der Waals surface area contributed by atoms with Gasteiger partial charge in [0.2, 0.25) is 0 Å². The summed E-state index contributed by atoms with van der Waals surface area (Å²) in [4.78, 5) is 0. The summed E-state index contributed by atoms with van der Waals surface area (Å²) < 4.78 is 0. The first-order valence-corrected chi connectivity index (χ1v) is 6.14. The minimum absolute atomic E-state index is 0.905. The van der Waals surface area contributed by atoms with Crippen molar-refractivity contribution in [1.29, 1.82) is 0 Å². The maximum Gasteiger partial charge on any atom is 0.0346 e. The lowest BCUT2D eigenvalue weighted by Gasteiger charge is -2.05. The molecule has 0 aliphatic carbocycles. The topological polar surface area (TPSA) is 26.0 Å². The van der Waals surface area contributed by atoms with E-state index in [-0.39, 0.29) is 0 Å². The maximum atomic E-state index is 5.90. The quantitative estimate of drug-likeness (QED) is 0.788. The van der Waals surface area contributed by atoms with Crippen molar-refractivity contribution < 1.29 is 0 Å². The molecule has 2 N–H and O–H groups in total. The molecule has 0 fully saturated rings. The second kappa shape index (κ2) is 5.53. The maximum absolute atomic E-state index is 5.90. The van der Waals surface area contributed by atoms with E-state index >= 15 is 0 Å². The molecule has 0 aromatic heterocycles. The van der Waals surface area contributed by atoms with E-state index in [0.717, 1.165) is 24.1 Å². The van der Waals surface area contributed by atoms with Gasteiger partial charge in [0.15, 0.2) is 0 Å². The van der Waals surface area contributed by atoms with Crippen LogP contribution in [0.1, 0.15) is 23.1 Å². The van der Waals surface area contributed by atoms with Crippen molar-refractivity contribution in [1.82, 2.24) is 0 Å². The minimum Gasteiger partial charge on any atom is -0.399 e. The first-order chi connectivity index (χ1) is 8.25. The van der Waals surface area contributed by atoms with Crippen LogP contribution in [-0.4, -0.2) is 0 Å². The van der Waals surface area contributed by atoms with Gasteiger partial charge in [-0.25, -0.2) is 0 Å². The van der Waals surface area contributed by atoms with E-state index in [9.17, 15) is 0 Å². The molecule has 0 bridgehead atoms. The van der Waals surface area contributed by atoms with Crippen LogP contribution < -0.4 is 5.73 Å². The number of hydrogen-bond acceptors (Lipinski definition) is 1. The lowest BCUT2D eigenvalue weighted by molar-refractivity contribution is 0.821. The van der Waals surface area contributed by atoms with Crippen molar-refractivity contribution in [3.8, 4) is 0 Å². The Morgan fingerprint density at radius 1 is 0.882 bits per heavy atom. The lowest BCUT2D eigenvalue weighted by Crippen LogP contribution is -1.94. The molecule has 1 heteroatoms. The summed E-state index contributed by atoms with van der Waals surface area (Å²) in [5.41, 5.74) is 10.7. The number of rotatable bonds is 4. The summed E-state index contributed by atoms with van der Waals surface area (Å²) in [6, 6.07) is 17.0. The zero-order chi connectivity index (χ0) is 12.1. The summed E-state index contributed by atoms with van der Waals surface area (Å²) in [6.07, 6.45) is 3.40. The fourth-order valence-corrected chi connectivity index (χ4v) is 1.99. The van der Waals surface area contributed by atoms with Crippen LogP contribution in [0.15, 0.2) is 48.5 Å². The van der Waals surface area contributed by atoms with E-state index in [4.69, 9.17) is 5.73 Å². The number of aryl methyl sites for hydroxylation is 3. The van der Waals surface area contributed by atoms with Crippen LogP contribution in [0.5, 0.6) is 0 Å². The Balaban J connectivity index is 1.88. The van der Waals surface area contributed by atoms with Crippen LogP contribution in [0.3, 0.4) is 0 Å². The van der Waals surface area contributed by atoms with Crippen LogP contribution >= 0.6 is 0 Å². The van der Waals surface area contributed by atoms with Gasteiger partial charge in [-0.3, -0.25) is 0 Å². The molecule has 0 saturated heterocycles. The van der Waals surface area contributed by atoms with Crippen molar-refractivity contribution in [3.63, 3.8) is 0 Å². The summed E-state index contributed by atoms with van der Waals surface area (Å²) in [5.74, 6) is 0. The Hall–Kier alpha value is -1.76. The highest BCUT2D eigenvalue weighted by molar-refractivity contribution is 5.48. The lowest BCUT2D eigenvalue weighted by atomic mass is 10.0. The average Bonchev–Trinajstić information content (AvgIpc) is 2.35. The fraction of sp³-hybridized carbons (Fsp3) is 0.250. The van der Waals surface area contributed by atoms with Gasteiger partial charge in [0.1, 0.15) is 0 Å². The van der Waals surface area contributed by atoms with Gasteiger partial charge in [0.25, 0.3) is 0 Å². The van der Waals surface area contributed by atoms with Crippen molar-refractivity contribution >= 4 is 5.69 Å². The summed E-state index contributed by atoms with van der Waals surface area (Å²) in [7, 11) is 0. The molecule has 2 rings (SSSR count). The predicted octanol–water partition coefficient (Wildman–Crippen LogP) is 3.75. The molecule has 0 spiro atoms. The van der Waals surface area contributed by atoms with Gasteiger partial charge >= 0.3 is 0 Å². The Kier molecular flexibility index (Phi) is 3.81. The van der Waals surface area contributed by atoms with Crippen molar-refractivity contribution in [2.24, 2.45) is 0 Å². The first-order valence-electron chi connectivity index (χ1n) is 6.14. The van der Waals surface area contributed by atoms with E-state index in [1.54, 1.807) is 0 Å². The molecule has 0 atom stereocenters. The Labute approximate surface area is 103 Å². The van der Waals surface area contributed by atoms with Crippen LogP contribution in [0.25, 0.3) is 0 Å². The Morgan fingerprint density at radius 2 is 1.59 bits per heavy atom. The van der Waals surface area contributed by atoms with Crippen LogP contribution in [-0.2, 0) is 12.8 Å². The van der Waals surface area contributed by atoms with E-state index < -0.39 is 0 Å². The van der Waals surface area contributed by atoms with Gasteiger partial charge in [-0.15, -0.1) is 0 Å². The predicted molar refractivity (Wildman–Crippen MR) is 74.1 cm³/mol. The van der Waals surface area contributed by atoms with Crippen LogP contribution in [0.2, 0.25) is 0 Å². The molecular weight excluding hydrogens is 206 g/mol. The molecule has 0 amide bonds. The highest BCUT2D eigenvalue weighted by atomic mass is 14.5. The molecule has 88 valence electrons. The molecule has 1 nitrogen and oxygen atoms in total. The fourth-order valence-electron chi connectivity index (χ4n) is 1.99. The minimum atomic E-state index is 0.905. The smallest absolute Gasteiger partial charge is 0.0346 e. The molecular formula is C16H19N. The first kappa shape index (κ1) is 11.7. The molecule has 2 aromatic rings. The zero-order valence-electron chi connectivity index (χ0n) is 10.3.